The molecule has 0 saturated carbocycles. The van der Waals surface area contributed by atoms with Crippen molar-refractivity contribution in [1.29, 1.82) is 0 Å². The van der Waals surface area contributed by atoms with Crippen LogP contribution in [0.1, 0.15) is 19.2 Å². The topological polar surface area (TPSA) is 30.7 Å². The van der Waals surface area contributed by atoms with Crippen molar-refractivity contribution in [2.24, 2.45) is 0 Å². The molecule has 0 bridgehead atoms. The maximum absolute atomic E-state index is 6.03. The molecule has 2 rings (SSSR count). The number of aromatic nitrogens is 3. The highest BCUT2D eigenvalue weighted by atomic mass is 79.9. The van der Waals surface area contributed by atoms with Crippen molar-refractivity contribution >= 4 is 39.1 Å². The molecule has 0 atom stereocenters. The third-order valence-electron chi connectivity index (χ3n) is 2.56. The molecule has 0 N–H and O–H groups in total. The molecule has 0 unspecified atom stereocenters. The predicted molar refractivity (Wildman–Crippen MR) is 78.0 cm³/mol. The van der Waals surface area contributed by atoms with Crippen LogP contribution in [0, 0.1) is 0 Å². The second-order valence-corrected chi connectivity index (χ2v) is 5.41. The van der Waals surface area contributed by atoms with E-state index in [1.807, 2.05) is 22.8 Å². The molecule has 2 aromatic rings. The predicted octanol–water partition coefficient (Wildman–Crippen LogP) is 4.51. The van der Waals surface area contributed by atoms with Gasteiger partial charge in [0, 0.05) is 21.6 Å². The number of nitrogens with zero attached hydrogens (tertiary/aromatic N) is 3. The van der Waals surface area contributed by atoms with Gasteiger partial charge < -0.3 is 4.57 Å². The van der Waals surface area contributed by atoms with Crippen molar-refractivity contribution in [1.82, 2.24) is 14.8 Å². The third kappa shape index (κ3) is 2.71. The van der Waals surface area contributed by atoms with Crippen molar-refractivity contribution in [3.8, 4) is 11.4 Å². The zero-order valence-corrected chi connectivity index (χ0v) is 12.9. The Morgan fingerprint density at radius 2 is 2.11 bits per heavy atom. The molecular weight excluding hydrogens is 337 g/mol. The van der Waals surface area contributed by atoms with Crippen molar-refractivity contribution in [3.63, 3.8) is 0 Å². The van der Waals surface area contributed by atoms with Gasteiger partial charge in [0.15, 0.2) is 5.82 Å². The quantitative estimate of drug-likeness (QED) is 0.761. The van der Waals surface area contributed by atoms with Gasteiger partial charge in [-0.05, 0) is 24.6 Å². The van der Waals surface area contributed by atoms with Crippen LogP contribution in [0.3, 0.4) is 0 Å². The minimum absolute atomic E-state index is 0.352. The lowest BCUT2D eigenvalue weighted by molar-refractivity contribution is 0.659. The molecule has 1 heterocycles. The summed E-state index contributed by atoms with van der Waals surface area (Å²) in [6.45, 7) is 2.94. The maximum Gasteiger partial charge on any atom is 0.165 e. The van der Waals surface area contributed by atoms with Gasteiger partial charge in [0.2, 0.25) is 0 Å². The van der Waals surface area contributed by atoms with Gasteiger partial charge in [-0.15, -0.1) is 21.8 Å². The van der Waals surface area contributed by atoms with Gasteiger partial charge in [-0.1, -0.05) is 34.5 Å². The molecule has 6 heteroatoms. The zero-order valence-electron chi connectivity index (χ0n) is 9.83. The lowest BCUT2D eigenvalue weighted by Crippen LogP contribution is -2.04. The molecule has 0 spiro atoms. The first-order valence-corrected chi connectivity index (χ1v) is 7.31. The smallest absolute Gasteiger partial charge is 0.165 e. The molecule has 0 radical (unpaired) electrons. The average molecular weight is 349 g/mol. The van der Waals surface area contributed by atoms with Crippen molar-refractivity contribution in [2.75, 3.05) is 0 Å². The SMILES string of the molecule is CCCn1c(CCl)nnc1-c1cc(Cl)ccc1Br. The number of halogens is 3. The van der Waals surface area contributed by atoms with Crippen LogP contribution in [-0.2, 0) is 12.4 Å². The molecule has 1 aromatic carbocycles. The Morgan fingerprint density at radius 3 is 2.78 bits per heavy atom. The summed E-state index contributed by atoms with van der Waals surface area (Å²) in [5, 5.41) is 9.01. The molecule has 3 nitrogen and oxygen atoms in total. The molecule has 0 aliphatic rings. The van der Waals surface area contributed by atoms with E-state index in [1.165, 1.54) is 0 Å². The van der Waals surface area contributed by atoms with Crippen molar-refractivity contribution < 1.29 is 0 Å². The van der Waals surface area contributed by atoms with E-state index in [1.54, 1.807) is 0 Å². The fourth-order valence-electron chi connectivity index (χ4n) is 1.76. The normalized spacial score (nSPS) is 10.9. The van der Waals surface area contributed by atoms with E-state index in [0.29, 0.717) is 10.9 Å². The fraction of sp³-hybridized carbons (Fsp3) is 0.333. The number of hydrogen-bond donors (Lipinski definition) is 0. The molecule has 0 aliphatic heterocycles. The Morgan fingerprint density at radius 1 is 1.33 bits per heavy atom. The van der Waals surface area contributed by atoms with Crippen molar-refractivity contribution in [3.05, 3.63) is 33.5 Å². The molecular formula is C12H12BrCl2N3. The molecule has 0 amide bonds. The molecule has 96 valence electrons. The Labute approximate surface area is 124 Å². The fourth-order valence-corrected chi connectivity index (χ4v) is 2.55. The van der Waals surface area contributed by atoms with Crippen LogP contribution in [0.15, 0.2) is 22.7 Å². The standard InChI is InChI=1S/C12H12BrCl2N3/c1-2-5-18-11(7-14)16-17-12(18)9-6-8(15)3-4-10(9)13/h3-4,6H,2,5,7H2,1H3. The number of rotatable bonds is 4. The minimum Gasteiger partial charge on any atom is -0.310 e. The Hall–Kier alpha value is -0.580. The van der Waals surface area contributed by atoms with E-state index in [2.05, 4.69) is 33.1 Å². The van der Waals surface area contributed by atoms with Crippen LogP contribution in [0.5, 0.6) is 0 Å². The second-order valence-electron chi connectivity index (χ2n) is 3.85. The lowest BCUT2D eigenvalue weighted by Gasteiger charge is -2.09. The molecule has 0 saturated heterocycles. The number of benzene rings is 1. The highest BCUT2D eigenvalue weighted by Gasteiger charge is 2.15. The van der Waals surface area contributed by atoms with Gasteiger partial charge in [-0.2, -0.15) is 0 Å². The Bertz CT molecular complexity index is 554. The van der Waals surface area contributed by atoms with Crippen LogP contribution < -0.4 is 0 Å². The van der Waals surface area contributed by atoms with E-state index in [9.17, 15) is 0 Å². The average Bonchev–Trinajstić information content (AvgIpc) is 2.76. The van der Waals surface area contributed by atoms with Crippen LogP contribution in [0.4, 0.5) is 0 Å². The summed E-state index contributed by atoms with van der Waals surface area (Å²) in [5.41, 5.74) is 0.930. The van der Waals surface area contributed by atoms with E-state index in [4.69, 9.17) is 23.2 Å². The number of alkyl halides is 1. The Kier molecular flexibility index (Phi) is 4.65. The van der Waals surface area contributed by atoms with Gasteiger partial charge in [0.25, 0.3) is 0 Å². The second kappa shape index (κ2) is 6.04. The first kappa shape index (κ1) is 13.8. The van der Waals surface area contributed by atoms with Gasteiger partial charge in [0.1, 0.15) is 5.82 Å². The highest BCUT2D eigenvalue weighted by molar-refractivity contribution is 9.10. The highest BCUT2D eigenvalue weighted by Crippen LogP contribution is 2.30. The van der Waals surface area contributed by atoms with E-state index in [-0.39, 0.29) is 0 Å². The zero-order chi connectivity index (χ0) is 13.1. The monoisotopic (exact) mass is 347 g/mol. The first-order chi connectivity index (χ1) is 8.67. The van der Waals surface area contributed by atoms with Crippen molar-refractivity contribution in [2.45, 2.75) is 25.8 Å². The molecule has 0 fully saturated rings. The molecule has 18 heavy (non-hydrogen) atoms. The lowest BCUT2D eigenvalue weighted by atomic mass is 10.2. The largest absolute Gasteiger partial charge is 0.310 e. The summed E-state index contributed by atoms with van der Waals surface area (Å²) in [6, 6.07) is 5.61. The van der Waals surface area contributed by atoms with Crippen LogP contribution in [0.25, 0.3) is 11.4 Å². The summed E-state index contributed by atoms with van der Waals surface area (Å²) in [5.74, 6) is 1.92. The van der Waals surface area contributed by atoms with Crippen LogP contribution >= 0.6 is 39.1 Å². The van der Waals surface area contributed by atoms with Crippen LogP contribution in [0.2, 0.25) is 5.02 Å². The van der Waals surface area contributed by atoms with Crippen LogP contribution in [-0.4, -0.2) is 14.8 Å². The van der Waals surface area contributed by atoms with Gasteiger partial charge in [-0.3, -0.25) is 0 Å². The minimum atomic E-state index is 0.352. The van der Waals surface area contributed by atoms with Gasteiger partial charge >= 0.3 is 0 Å². The molecule has 0 aliphatic carbocycles. The summed E-state index contributed by atoms with van der Waals surface area (Å²) < 4.78 is 2.97. The van der Waals surface area contributed by atoms with Gasteiger partial charge in [-0.25, -0.2) is 0 Å². The Balaban J connectivity index is 2.56. The first-order valence-electron chi connectivity index (χ1n) is 5.60. The van der Waals surface area contributed by atoms with E-state index < -0.39 is 0 Å². The summed E-state index contributed by atoms with van der Waals surface area (Å²) in [4.78, 5) is 0. The summed E-state index contributed by atoms with van der Waals surface area (Å²) in [7, 11) is 0. The van der Waals surface area contributed by atoms with Gasteiger partial charge in [0.05, 0.1) is 5.88 Å². The maximum atomic E-state index is 6.03. The summed E-state index contributed by atoms with van der Waals surface area (Å²) in [6.07, 6.45) is 0.993. The summed E-state index contributed by atoms with van der Waals surface area (Å²) >= 11 is 15.4. The van der Waals surface area contributed by atoms with E-state index >= 15 is 0 Å². The molecule has 1 aromatic heterocycles. The van der Waals surface area contributed by atoms with E-state index in [0.717, 1.165) is 34.7 Å². The number of hydrogen-bond acceptors (Lipinski definition) is 2. The third-order valence-corrected chi connectivity index (χ3v) is 3.73.